The Morgan fingerprint density at radius 1 is 1.00 bits per heavy atom. The lowest BCUT2D eigenvalue weighted by atomic mass is 9.55. The summed E-state index contributed by atoms with van der Waals surface area (Å²) in [6.45, 7) is 3.34. The van der Waals surface area contributed by atoms with Crippen LogP contribution in [0.25, 0.3) is 11.1 Å². The maximum atomic E-state index is 14.7. The molecule has 1 N–H and O–H groups in total. The van der Waals surface area contributed by atoms with E-state index in [-0.39, 0.29) is 52.6 Å². The lowest BCUT2D eigenvalue weighted by Gasteiger charge is -2.50. The average molecular weight is 928 g/mol. The van der Waals surface area contributed by atoms with Gasteiger partial charge in [-0.05, 0) is 136 Å². The van der Waals surface area contributed by atoms with E-state index in [0.717, 1.165) is 105 Å². The van der Waals surface area contributed by atoms with E-state index < -0.39 is 6.43 Å². The molecule has 0 bridgehead atoms. The Bertz CT molecular complexity index is 2800. The van der Waals surface area contributed by atoms with E-state index >= 15 is 0 Å². The van der Waals surface area contributed by atoms with E-state index in [1.165, 1.54) is 0 Å². The van der Waals surface area contributed by atoms with Crippen molar-refractivity contribution >= 4 is 34.9 Å². The van der Waals surface area contributed by atoms with Crippen molar-refractivity contribution in [3.05, 3.63) is 99.2 Å². The number of alkyl halides is 2. The van der Waals surface area contributed by atoms with E-state index in [1.54, 1.807) is 67.4 Å². The number of benzene rings is 2. The second-order valence-electron chi connectivity index (χ2n) is 19.1. The van der Waals surface area contributed by atoms with Gasteiger partial charge in [-0.2, -0.15) is 15.5 Å². The average Bonchev–Trinajstić information content (AvgIpc) is 3.94. The van der Waals surface area contributed by atoms with Crippen molar-refractivity contribution in [2.75, 3.05) is 18.0 Å². The van der Waals surface area contributed by atoms with Crippen LogP contribution in [0.1, 0.15) is 134 Å². The number of rotatable bonds is 8. The highest BCUT2D eigenvalue weighted by Crippen LogP contribution is 2.56. The number of halogens is 3. The highest BCUT2D eigenvalue weighted by atomic mass is 35.5. The van der Waals surface area contributed by atoms with Gasteiger partial charge in [-0.15, -0.1) is 10.2 Å². The van der Waals surface area contributed by atoms with Gasteiger partial charge >= 0.3 is 0 Å². The molecule has 0 saturated heterocycles. The fraction of sp³-hybridized carbons (Fsp3) is 0.471. The summed E-state index contributed by atoms with van der Waals surface area (Å²) in [6.07, 6.45) is 12.4. The maximum absolute atomic E-state index is 14.7. The molecular weight excluding hydrogens is 874 g/mol. The number of anilines is 2. The fourth-order valence-electron chi connectivity index (χ4n) is 11.2. The maximum Gasteiger partial charge on any atom is 0.272 e. The van der Waals surface area contributed by atoms with E-state index in [4.69, 9.17) is 26.7 Å². The Morgan fingerprint density at radius 3 is 2.49 bits per heavy atom. The van der Waals surface area contributed by atoms with Gasteiger partial charge < -0.3 is 19.9 Å². The van der Waals surface area contributed by atoms with Crippen LogP contribution in [-0.4, -0.2) is 71.7 Å². The van der Waals surface area contributed by atoms with Gasteiger partial charge in [0.2, 0.25) is 5.91 Å². The molecule has 0 atom stereocenters. The third-order valence-corrected chi connectivity index (χ3v) is 15.1. The molecule has 346 valence electrons. The molecular formula is C51H53ClF2N10O3. The molecule has 10 rings (SSSR count). The van der Waals surface area contributed by atoms with Gasteiger partial charge in [0.25, 0.3) is 12.3 Å². The third kappa shape index (κ3) is 9.10. The predicted octanol–water partition coefficient (Wildman–Crippen LogP) is 9.21. The van der Waals surface area contributed by atoms with Crippen LogP contribution >= 0.6 is 11.6 Å². The normalized spacial score (nSPS) is 23.4. The van der Waals surface area contributed by atoms with Gasteiger partial charge in [0, 0.05) is 85.8 Å². The first-order valence-electron chi connectivity index (χ1n) is 23.5. The Labute approximate surface area is 393 Å². The number of nitrogens with one attached hydrogen (secondary N) is 1. The number of hydrogen-bond donors (Lipinski definition) is 1. The molecule has 0 unspecified atom stereocenters. The van der Waals surface area contributed by atoms with E-state index in [9.17, 15) is 18.4 Å². The number of carbonyl (C=O) groups excluding carboxylic acids is 2. The van der Waals surface area contributed by atoms with Crippen LogP contribution in [0.3, 0.4) is 0 Å². The van der Waals surface area contributed by atoms with Crippen LogP contribution in [0.15, 0.2) is 54.9 Å². The third-order valence-electron chi connectivity index (χ3n) is 14.8. The van der Waals surface area contributed by atoms with Gasteiger partial charge in [0.05, 0.1) is 35.5 Å². The number of fused-ring (bicyclic) bond motifs is 2. The van der Waals surface area contributed by atoms with Gasteiger partial charge in [-0.1, -0.05) is 17.5 Å². The standard InChI is InChI=1S/C51H53ClF2N10O3/c1-31(65)62-21-17-46-43(30-62)49(63-20-3-4-33-22-41(35-28-56-61(2)29-35)42(48(53)54)24-47(33)63)60-64(46)38-15-18-51(19-16-38)25-32(26-51)5-7-37-10-14-45(59-58-37)50(66)57-36-8-12-39(13-9-36)67-40-11-6-34(27-55)44(52)23-40/h6,10-11,14,22-24,28-29,32,36,38-39,48H,3-4,8-9,12-13,15-21,25-26,30H2,1-2H3,(H,57,66). The Hall–Kier alpha value is -6.32. The highest BCUT2D eigenvalue weighted by Gasteiger charge is 2.46. The minimum Gasteiger partial charge on any atom is -0.490 e. The zero-order chi connectivity index (χ0) is 46.4. The Morgan fingerprint density at radius 2 is 1.81 bits per heavy atom. The molecule has 3 aromatic heterocycles. The largest absolute Gasteiger partial charge is 0.490 e. The quantitative estimate of drug-likeness (QED) is 0.151. The lowest BCUT2D eigenvalue weighted by Crippen LogP contribution is -2.40. The monoisotopic (exact) mass is 926 g/mol. The summed E-state index contributed by atoms with van der Waals surface area (Å²) < 4.78 is 39.4. The summed E-state index contributed by atoms with van der Waals surface area (Å²) in [7, 11) is 1.79. The number of nitriles is 1. The highest BCUT2D eigenvalue weighted by molar-refractivity contribution is 6.31. The molecule has 2 aliphatic heterocycles. The fourth-order valence-corrected chi connectivity index (χ4v) is 11.4. The summed E-state index contributed by atoms with van der Waals surface area (Å²) in [5.74, 6) is 8.08. The topological polar surface area (TPSA) is 147 Å². The van der Waals surface area contributed by atoms with Crippen LogP contribution in [0.4, 0.5) is 20.3 Å². The number of ether oxygens (including phenoxy) is 1. The molecule has 5 heterocycles. The van der Waals surface area contributed by atoms with E-state index in [1.807, 2.05) is 11.0 Å². The number of carbonyl (C=O) groups is 2. The molecule has 2 aromatic carbocycles. The molecule has 2 amide bonds. The molecule has 3 saturated carbocycles. The summed E-state index contributed by atoms with van der Waals surface area (Å²) in [4.78, 5) is 29.7. The van der Waals surface area contributed by atoms with Crippen molar-refractivity contribution < 1.29 is 23.1 Å². The van der Waals surface area contributed by atoms with Crippen LogP contribution in [0.2, 0.25) is 5.02 Å². The molecule has 67 heavy (non-hydrogen) atoms. The van der Waals surface area contributed by atoms with E-state index in [0.29, 0.717) is 59.2 Å². The van der Waals surface area contributed by atoms with E-state index in [2.05, 4.69) is 48.1 Å². The number of hydrogen-bond acceptors (Lipinski definition) is 9. The van der Waals surface area contributed by atoms with Crippen molar-refractivity contribution in [2.24, 2.45) is 18.4 Å². The number of nitrogens with zero attached hydrogens (tertiary/aromatic N) is 9. The number of aromatic nitrogens is 6. The van der Waals surface area contributed by atoms with Crippen LogP contribution < -0.4 is 15.0 Å². The van der Waals surface area contributed by atoms with Crippen molar-refractivity contribution in [1.82, 2.24) is 40.0 Å². The van der Waals surface area contributed by atoms with Gasteiger partial charge in [0.15, 0.2) is 11.5 Å². The minimum absolute atomic E-state index is 0.00721. The smallest absolute Gasteiger partial charge is 0.272 e. The van der Waals surface area contributed by atoms with Gasteiger partial charge in [-0.25, -0.2) is 8.78 Å². The summed E-state index contributed by atoms with van der Waals surface area (Å²) in [6, 6.07) is 14.4. The van der Waals surface area contributed by atoms with Gasteiger partial charge in [-0.3, -0.25) is 19.0 Å². The van der Waals surface area contributed by atoms with Gasteiger partial charge in [0.1, 0.15) is 17.5 Å². The van der Waals surface area contributed by atoms with Crippen LogP contribution in [0.5, 0.6) is 5.75 Å². The lowest BCUT2D eigenvalue weighted by molar-refractivity contribution is -0.129. The predicted molar refractivity (Wildman–Crippen MR) is 248 cm³/mol. The molecule has 5 aliphatic rings. The second kappa shape index (κ2) is 18.4. The first-order valence-corrected chi connectivity index (χ1v) is 23.9. The SMILES string of the molecule is CC(=O)N1CCc2c(c(N3CCCc4cc(-c5cnn(C)c5)c(C(F)F)cc43)nn2C2CCC3(CC2)CC(C#Cc2ccc(C(=O)NC4CCC(Oc5ccc(C#N)c(Cl)c5)CC4)nn2)C3)C1. The molecule has 13 nitrogen and oxygen atoms in total. The molecule has 5 aromatic rings. The number of amides is 2. The molecule has 3 fully saturated rings. The zero-order valence-corrected chi connectivity index (χ0v) is 38.5. The number of aryl methyl sites for hydroxylation is 2. The zero-order valence-electron chi connectivity index (χ0n) is 37.8. The first-order chi connectivity index (χ1) is 32.4. The Kier molecular flexibility index (Phi) is 12.2. The molecule has 3 aliphatic carbocycles. The van der Waals surface area contributed by atoms with Crippen LogP contribution in [-0.2, 0) is 31.2 Å². The first kappa shape index (κ1) is 44.5. The van der Waals surface area contributed by atoms with Crippen LogP contribution in [0, 0.1) is 34.5 Å². The summed E-state index contributed by atoms with van der Waals surface area (Å²) >= 11 is 6.16. The molecule has 16 heteroatoms. The summed E-state index contributed by atoms with van der Waals surface area (Å²) in [5.41, 5.74) is 6.58. The van der Waals surface area contributed by atoms with Crippen molar-refractivity contribution in [2.45, 2.75) is 122 Å². The molecule has 0 radical (unpaired) electrons. The second-order valence-corrected chi connectivity index (χ2v) is 19.5. The minimum atomic E-state index is -2.66. The van der Waals surface area contributed by atoms with Crippen molar-refractivity contribution in [1.29, 1.82) is 5.26 Å². The van der Waals surface area contributed by atoms with Crippen molar-refractivity contribution in [3.63, 3.8) is 0 Å². The molecule has 1 spiro atoms. The van der Waals surface area contributed by atoms with Crippen molar-refractivity contribution in [3.8, 4) is 34.8 Å². The summed E-state index contributed by atoms with van der Waals surface area (Å²) in [5, 5.41) is 30.7. The Balaban J connectivity index is 0.753.